The summed E-state index contributed by atoms with van der Waals surface area (Å²) >= 11 is 1.40. The number of ketones is 1. The van der Waals surface area contributed by atoms with Crippen LogP contribution in [0.1, 0.15) is 21.7 Å². The molecule has 0 unspecified atom stereocenters. The number of benzene rings is 2. The summed E-state index contributed by atoms with van der Waals surface area (Å²) in [6.45, 7) is 0.514. The van der Waals surface area contributed by atoms with Gasteiger partial charge in [0.25, 0.3) is 5.91 Å². The summed E-state index contributed by atoms with van der Waals surface area (Å²) in [7, 11) is 0. The molecule has 0 spiro atoms. The molecule has 3 aromatic rings. The number of hydrogen-bond acceptors (Lipinski definition) is 5. The maximum absolute atomic E-state index is 13.5. The van der Waals surface area contributed by atoms with Gasteiger partial charge >= 0.3 is 0 Å². The first kappa shape index (κ1) is 25.3. The predicted molar refractivity (Wildman–Crippen MR) is 139 cm³/mol. The number of nitrogens with zero attached hydrogens (tertiary/aromatic N) is 1. The maximum Gasteiger partial charge on any atom is 0.262 e. The van der Waals surface area contributed by atoms with Crippen molar-refractivity contribution in [3.05, 3.63) is 71.1 Å². The molecule has 174 valence electrons. The molecule has 33 heavy (non-hydrogen) atoms. The molecule has 2 aliphatic heterocycles. The van der Waals surface area contributed by atoms with Crippen LogP contribution in [-0.2, 0) is 20.7 Å². The Balaban J connectivity index is 0.00000153. The van der Waals surface area contributed by atoms with E-state index in [1.54, 1.807) is 4.90 Å². The second kappa shape index (κ2) is 10.7. The molecule has 2 saturated heterocycles. The number of rotatable bonds is 5. The Bertz CT molecular complexity index is 1120. The molecule has 0 aliphatic carbocycles. The van der Waals surface area contributed by atoms with Gasteiger partial charge in [-0.15, -0.1) is 11.3 Å². The Kier molecular flexibility index (Phi) is 8.23. The lowest BCUT2D eigenvalue weighted by atomic mass is 10.0. The van der Waals surface area contributed by atoms with E-state index in [-0.39, 0.29) is 57.3 Å². The molecule has 5 rings (SSSR count). The summed E-state index contributed by atoms with van der Waals surface area (Å²) in [4.78, 5) is 41.0. The molecule has 3 heterocycles. The molecule has 2 fully saturated rings. The van der Waals surface area contributed by atoms with Crippen molar-refractivity contribution in [3.8, 4) is 0 Å². The van der Waals surface area contributed by atoms with E-state index in [1.165, 1.54) is 11.3 Å². The van der Waals surface area contributed by atoms with Crippen molar-refractivity contribution in [1.29, 1.82) is 0 Å². The first-order chi connectivity index (χ1) is 15.1. The van der Waals surface area contributed by atoms with Gasteiger partial charge in [0.05, 0.1) is 11.0 Å². The van der Waals surface area contributed by atoms with Crippen LogP contribution < -0.4 is 5.32 Å². The van der Waals surface area contributed by atoms with Crippen molar-refractivity contribution >= 4 is 66.0 Å². The average molecular weight is 503 g/mol. The molecule has 0 radical (unpaired) electrons. The van der Waals surface area contributed by atoms with E-state index < -0.39 is 12.1 Å². The third-order valence-corrected chi connectivity index (χ3v) is 7.05. The highest BCUT2D eigenvalue weighted by Gasteiger charge is 2.48. The summed E-state index contributed by atoms with van der Waals surface area (Å²) in [5.74, 6) is -0.574. The molecule has 2 amide bonds. The Labute approximate surface area is 210 Å². The van der Waals surface area contributed by atoms with E-state index in [9.17, 15) is 14.4 Å². The molecule has 6 nitrogen and oxygen atoms in total. The predicted octanol–water partition coefficient (Wildman–Crippen LogP) is 3.04. The van der Waals surface area contributed by atoms with E-state index in [4.69, 9.17) is 4.74 Å². The summed E-state index contributed by atoms with van der Waals surface area (Å²) in [5.41, 5.74) is 0.947. The van der Waals surface area contributed by atoms with Crippen molar-refractivity contribution in [2.24, 2.45) is 0 Å². The van der Waals surface area contributed by atoms with Gasteiger partial charge in [0.2, 0.25) is 5.91 Å². The number of ether oxygens (including phenoxy) is 1. The van der Waals surface area contributed by atoms with Crippen LogP contribution >= 0.6 is 38.3 Å². The number of thiophene rings is 1. The monoisotopic (exact) mass is 502 g/mol. The number of carbonyl (C=O) groups is 3. The second-order valence-corrected chi connectivity index (χ2v) is 9.03. The third-order valence-electron chi connectivity index (χ3n) is 5.93. The van der Waals surface area contributed by atoms with Gasteiger partial charge in [0.15, 0.2) is 5.78 Å². The van der Waals surface area contributed by atoms with Crippen molar-refractivity contribution in [2.75, 3.05) is 13.2 Å². The molecule has 1 aromatic heterocycles. The molecular formula is C24H26N2O4S3. The molecular weight excluding hydrogens is 476 g/mol. The number of hydrogen-bond donors (Lipinski definition) is 1. The summed E-state index contributed by atoms with van der Waals surface area (Å²) in [6, 6.07) is 18.0. The van der Waals surface area contributed by atoms with Crippen LogP contribution in [0.4, 0.5) is 0 Å². The van der Waals surface area contributed by atoms with Gasteiger partial charge in [-0.2, -0.15) is 27.0 Å². The molecule has 9 heteroatoms. The Hall–Kier alpha value is -2.33. The fourth-order valence-electron chi connectivity index (χ4n) is 4.41. The minimum absolute atomic E-state index is 0. The minimum Gasteiger partial charge on any atom is -0.368 e. The van der Waals surface area contributed by atoms with Crippen molar-refractivity contribution in [1.82, 2.24) is 10.2 Å². The lowest BCUT2D eigenvalue weighted by Gasteiger charge is -2.27. The van der Waals surface area contributed by atoms with Crippen LogP contribution in [0, 0.1) is 0 Å². The Morgan fingerprint density at radius 3 is 2.58 bits per heavy atom. The molecule has 2 aromatic carbocycles. The minimum atomic E-state index is -0.757. The van der Waals surface area contributed by atoms with Crippen molar-refractivity contribution in [3.63, 3.8) is 0 Å². The molecule has 0 saturated carbocycles. The highest BCUT2D eigenvalue weighted by atomic mass is 32.1. The number of likely N-dealkylation sites (tertiary alicyclic amines) is 1. The molecule has 3 atom stereocenters. The molecule has 1 N–H and O–H groups in total. The maximum atomic E-state index is 13.5. The second-order valence-electron chi connectivity index (χ2n) is 7.95. The highest BCUT2D eigenvalue weighted by molar-refractivity contribution is 7.59. The van der Waals surface area contributed by atoms with Crippen LogP contribution in [-0.4, -0.2) is 53.8 Å². The fraction of sp³-hybridized carbons (Fsp3) is 0.292. The summed E-state index contributed by atoms with van der Waals surface area (Å²) < 4.78 is 6.55. The van der Waals surface area contributed by atoms with Gasteiger partial charge in [0.1, 0.15) is 18.7 Å². The Morgan fingerprint density at radius 1 is 1.09 bits per heavy atom. The summed E-state index contributed by atoms with van der Waals surface area (Å²) in [6.07, 6.45) is 0.774. The number of carbonyl (C=O) groups excluding carboxylic acids is 3. The topological polar surface area (TPSA) is 75.7 Å². The molecule has 2 aliphatic rings. The lowest BCUT2D eigenvalue weighted by molar-refractivity contribution is -0.138. The van der Waals surface area contributed by atoms with Crippen LogP contribution in [0.15, 0.2) is 60.7 Å². The van der Waals surface area contributed by atoms with Gasteiger partial charge in [-0.1, -0.05) is 48.5 Å². The van der Waals surface area contributed by atoms with Gasteiger partial charge in [0, 0.05) is 17.7 Å². The quantitative estimate of drug-likeness (QED) is 0.582. The zero-order chi connectivity index (χ0) is 21.4. The number of nitrogens with one attached hydrogen (secondary N) is 1. The van der Waals surface area contributed by atoms with E-state index >= 15 is 0 Å². The van der Waals surface area contributed by atoms with Gasteiger partial charge < -0.3 is 15.0 Å². The third kappa shape index (κ3) is 5.11. The van der Waals surface area contributed by atoms with Crippen molar-refractivity contribution < 1.29 is 19.1 Å². The van der Waals surface area contributed by atoms with Crippen LogP contribution in [0.25, 0.3) is 10.1 Å². The van der Waals surface area contributed by atoms with Crippen LogP contribution in [0.3, 0.4) is 0 Å². The Morgan fingerprint density at radius 2 is 1.82 bits per heavy atom. The largest absolute Gasteiger partial charge is 0.368 e. The van der Waals surface area contributed by atoms with Crippen LogP contribution in [0.5, 0.6) is 0 Å². The van der Waals surface area contributed by atoms with Gasteiger partial charge in [-0.25, -0.2) is 0 Å². The standard InChI is InChI=1S/C24H22N2O4S.2H2S/c27-18-14-30-19-10-11-26(22(18)19)24(29)17(12-15-6-2-1-3-7-15)25-23(28)21-13-16-8-4-5-9-20(16)31-21;;/h1-9,13,17,19,22H,10-12,14H2,(H,25,28);2*1H2/t17-,19+,22+;;/m0../s1. The van der Waals surface area contributed by atoms with Crippen molar-refractivity contribution in [2.45, 2.75) is 31.0 Å². The van der Waals surface area contributed by atoms with Crippen LogP contribution in [0.2, 0.25) is 0 Å². The van der Waals surface area contributed by atoms with E-state index in [1.807, 2.05) is 60.7 Å². The SMILES string of the molecule is O=C(N[C@@H](Cc1ccccc1)C(=O)N1CC[C@H]2OCC(=O)[C@H]21)c1cc2ccccc2s1.S.S. The number of amides is 2. The average Bonchev–Trinajstić information content (AvgIpc) is 3.49. The van der Waals surface area contributed by atoms with E-state index in [0.717, 1.165) is 15.6 Å². The van der Waals surface area contributed by atoms with Gasteiger partial charge in [-0.3, -0.25) is 14.4 Å². The zero-order valence-corrected chi connectivity index (χ0v) is 20.6. The fourth-order valence-corrected chi connectivity index (χ4v) is 5.38. The lowest BCUT2D eigenvalue weighted by Crippen LogP contribution is -2.53. The number of fused-ring (bicyclic) bond motifs is 2. The molecule has 0 bridgehead atoms. The highest BCUT2D eigenvalue weighted by Crippen LogP contribution is 2.28. The van der Waals surface area contributed by atoms with E-state index in [0.29, 0.717) is 24.3 Å². The smallest absolute Gasteiger partial charge is 0.262 e. The normalized spacial score (nSPS) is 20.0. The summed E-state index contributed by atoms with van der Waals surface area (Å²) in [5, 5.41) is 3.94. The first-order valence-electron chi connectivity index (χ1n) is 10.4. The first-order valence-corrected chi connectivity index (χ1v) is 11.2. The van der Waals surface area contributed by atoms with E-state index in [2.05, 4.69) is 5.32 Å². The zero-order valence-electron chi connectivity index (χ0n) is 17.8. The number of Topliss-reactive ketones (excluding diaryl/α,β-unsaturated/α-hetero) is 1. The van der Waals surface area contributed by atoms with Gasteiger partial charge in [-0.05, 0) is 29.5 Å².